The molecule has 0 aliphatic carbocycles. The number of alkyl halides is 3. The zero-order chi connectivity index (χ0) is 14.0. The Morgan fingerprint density at radius 2 is 1.89 bits per heavy atom. The standard InChI is InChI=1S/C12H12F3N3S/c1-2-19-10-7-17-18(11(10)16)9-5-3-8(4-6-9)12(13,14)15/h3-7H,2,16H2,1H3. The van der Waals surface area contributed by atoms with Crippen LogP contribution in [-0.4, -0.2) is 15.5 Å². The number of nitrogens with zero attached hydrogens (tertiary/aromatic N) is 2. The average molecular weight is 287 g/mol. The first kappa shape index (κ1) is 13.8. The van der Waals surface area contributed by atoms with E-state index >= 15 is 0 Å². The van der Waals surface area contributed by atoms with Crippen LogP contribution in [0.25, 0.3) is 5.69 Å². The zero-order valence-electron chi connectivity index (χ0n) is 10.1. The molecule has 1 heterocycles. The van der Waals surface area contributed by atoms with Gasteiger partial charge in [-0.1, -0.05) is 6.92 Å². The molecule has 0 saturated heterocycles. The summed E-state index contributed by atoms with van der Waals surface area (Å²) >= 11 is 1.54. The highest BCUT2D eigenvalue weighted by atomic mass is 32.2. The van der Waals surface area contributed by atoms with Crippen molar-refractivity contribution in [1.29, 1.82) is 0 Å². The predicted molar refractivity (Wildman–Crippen MR) is 69.4 cm³/mol. The third-order valence-corrected chi connectivity index (χ3v) is 3.42. The predicted octanol–water partition coefficient (Wildman–Crippen LogP) is 3.59. The Kier molecular flexibility index (Phi) is 3.75. The number of nitrogens with two attached hydrogens (primary N) is 1. The van der Waals surface area contributed by atoms with Gasteiger partial charge >= 0.3 is 6.18 Å². The Hall–Kier alpha value is -1.63. The molecule has 19 heavy (non-hydrogen) atoms. The maximum absolute atomic E-state index is 12.5. The van der Waals surface area contributed by atoms with Crippen LogP contribution in [0.4, 0.5) is 19.0 Å². The van der Waals surface area contributed by atoms with Gasteiger partial charge in [-0.25, -0.2) is 4.68 Å². The van der Waals surface area contributed by atoms with Gasteiger partial charge in [-0.2, -0.15) is 18.3 Å². The molecule has 0 amide bonds. The third kappa shape index (κ3) is 2.86. The molecule has 2 N–H and O–H groups in total. The monoisotopic (exact) mass is 287 g/mol. The summed E-state index contributed by atoms with van der Waals surface area (Å²) in [5, 5.41) is 4.09. The van der Waals surface area contributed by atoms with Gasteiger partial charge in [0, 0.05) is 0 Å². The summed E-state index contributed by atoms with van der Waals surface area (Å²) in [7, 11) is 0. The molecule has 102 valence electrons. The first-order chi connectivity index (χ1) is 8.93. The normalized spacial score (nSPS) is 11.8. The fourth-order valence-corrected chi connectivity index (χ4v) is 2.27. The maximum atomic E-state index is 12.5. The van der Waals surface area contributed by atoms with Crippen LogP contribution in [0.5, 0.6) is 0 Å². The van der Waals surface area contributed by atoms with Gasteiger partial charge in [0.2, 0.25) is 0 Å². The molecule has 2 rings (SSSR count). The van der Waals surface area contributed by atoms with Gasteiger partial charge in [0.05, 0.1) is 22.3 Å². The van der Waals surface area contributed by atoms with E-state index in [9.17, 15) is 13.2 Å². The Bertz CT molecular complexity index is 561. The van der Waals surface area contributed by atoms with Gasteiger partial charge in [-0.15, -0.1) is 11.8 Å². The van der Waals surface area contributed by atoms with Gasteiger partial charge in [-0.05, 0) is 30.0 Å². The van der Waals surface area contributed by atoms with Crippen molar-refractivity contribution in [2.45, 2.75) is 18.0 Å². The van der Waals surface area contributed by atoms with Crippen molar-refractivity contribution in [3.63, 3.8) is 0 Å². The quantitative estimate of drug-likeness (QED) is 0.877. The van der Waals surface area contributed by atoms with Crippen LogP contribution in [0.15, 0.2) is 35.4 Å². The van der Waals surface area contributed by atoms with Crippen molar-refractivity contribution >= 4 is 17.6 Å². The lowest BCUT2D eigenvalue weighted by Gasteiger charge is -2.08. The number of halogens is 3. The lowest BCUT2D eigenvalue weighted by Crippen LogP contribution is -2.06. The van der Waals surface area contributed by atoms with E-state index in [4.69, 9.17) is 5.73 Å². The van der Waals surface area contributed by atoms with Gasteiger partial charge in [0.25, 0.3) is 0 Å². The fourth-order valence-electron chi connectivity index (χ4n) is 1.61. The highest BCUT2D eigenvalue weighted by Gasteiger charge is 2.30. The number of hydrogen-bond acceptors (Lipinski definition) is 3. The topological polar surface area (TPSA) is 43.8 Å². The molecular formula is C12H12F3N3S. The van der Waals surface area contributed by atoms with Gasteiger partial charge < -0.3 is 5.73 Å². The first-order valence-corrected chi connectivity index (χ1v) is 6.56. The molecule has 0 bridgehead atoms. The van der Waals surface area contributed by atoms with Crippen LogP contribution in [0.2, 0.25) is 0 Å². The van der Waals surface area contributed by atoms with Gasteiger partial charge in [-0.3, -0.25) is 0 Å². The van der Waals surface area contributed by atoms with Crippen molar-refractivity contribution < 1.29 is 13.2 Å². The third-order valence-electron chi connectivity index (χ3n) is 2.51. The molecule has 0 spiro atoms. The largest absolute Gasteiger partial charge is 0.416 e. The smallest absolute Gasteiger partial charge is 0.383 e. The second-order valence-electron chi connectivity index (χ2n) is 3.78. The summed E-state index contributed by atoms with van der Waals surface area (Å²) in [5.74, 6) is 1.29. The van der Waals surface area contributed by atoms with Crippen LogP contribution in [0.3, 0.4) is 0 Å². The number of rotatable bonds is 3. The van der Waals surface area contributed by atoms with Gasteiger partial charge in [0.1, 0.15) is 5.82 Å². The molecular weight excluding hydrogens is 275 g/mol. The minimum absolute atomic E-state index is 0.437. The van der Waals surface area contributed by atoms with Crippen LogP contribution in [0, 0.1) is 0 Å². The van der Waals surface area contributed by atoms with Crippen molar-refractivity contribution in [1.82, 2.24) is 9.78 Å². The molecule has 0 atom stereocenters. The number of aromatic nitrogens is 2. The highest BCUT2D eigenvalue weighted by Crippen LogP contribution is 2.31. The van der Waals surface area contributed by atoms with E-state index in [0.717, 1.165) is 22.8 Å². The van der Waals surface area contributed by atoms with E-state index in [0.29, 0.717) is 11.5 Å². The van der Waals surface area contributed by atoms with Gasteiger partial charge in [0.15, 0.2) is 0 Å². The van der Waals surface area contributed by atoms with Crippen LogP contribution in [-0.2, 0) is 6.18 Å². The van der Waals surface area contributed by atoms with Crippen molar-refractivity contribution in [2.24, 2.45) is 0 Å². The molecule has 7 heteroatoms. The Morgan fingerprint density at radius 1 is 1.26 bits per heavy atom. The van der Waals surface area contributed by atoms with E-state index in [1.807, 2.05) is 6.92 Å². The van der Waals surface area contributed by atoms with E-state index < -0.39 is 11.7 Å². The first-order valence-electron chi connectivity index (χ1n) is 5.57. The molecule has 0 unspecified atom stereocenters. The Balaban J connectivity index is 2.32. The molecule has 0 radical (unpaired) electrons. The number of anilines is 1. The SMILES string of the molecule is CCSc1cnn(-c2ccc(C(F)(F)F)cc2)c1N. The maximum Gasteiger partial charge on any atom is 0.416 e. The highest BCUT2D eigenvalue weighted by molar-refractivity contribution is 7.99. The Morgan fingerprint density at radius 3 is 2.42 bits per heavy atom. The second-order valence-corrected chi connectivity index (χ2v) is 5.09. The minimum atomic E-state index is -4.34. The minimum Gasteiger partial charge on any atom is -0.383 e. The summed E-state index contributed by atoms with van der Waals surface area (Å²) in [4.78, 5) is 0.822. The summed E-state index contributed by atoms with van der Waals surface area (Å²) in [6, 6.07) is 4.74. The van der Waals surface area contributed by atoms with E-state index in [1.54, 1.807) is 6.20 Å². The average Bonchev–Trinajstić information content (AvgIpc) is 2.71. The molecule has 1 aromatic heterocycles. The fraction of sp³-hybridized carbons (Fsp3) is 0.250. The summed E-state index contributed by atoms with van der Waals surface area (Å²) < 4.78 is 38.8. The van der Waals surface area contributed by atoms with Crippen LogP contribution in [0.1, 0.15) is 12.5 Å². The molecule has 3 nitrogen and oxygen atoms in total. The lowest BCUT2D eigenvalue weighted by molar-refractivity contribution is -0.137. The molecule has 1 aromatic carbocycles. The summed E-state index contributed by atoms with van der Waals surface area (Å²) in [5.41, 5.74) is 5.72. The Labute approximate surface area is 112 Å². The van der Waals surface area contributed by atoms with E-state index in [2.05, 4.69) is 5.10 Å². The van der Waals surface area contributed by atoms with Crippen molar-refractivity contribution in [2.75, 3.05) is 11.5 Å². The van der Waals surface area contributed by atoms with E-state index in [-0.39, 0.29) is 0 Å². The molecule has 0 aliphatic heterocycles. The molecule has 0 fully saturated rings. The molecule has 2 aromatic rings. The molecule has 0 saturated carbocycles. The summed E-state index contributed by atoms with van der Waals surface area (Å²) in [6.07, 6.45) is -2.72. The summed E-state index contributed by atoms with van der Waals surface area (Å²) in [6.45, 7) is 1.99. The number of benzene rings is 1. The number of nitrogen functional groups attached to an aromatic ring is 1. The number of thioether (sulfide) groups is 1. The van der Waals surface area contributed by atoms with Crippen molar-refractivity contribution in [3.8, 4) is 5.69 Å². The number of hydrogen-bond donors (Lipinski definition) is 1. The van der Waals surface area contributed by atoms with Crippen molar-refractivity contribution in [3.05, 3.63) is 36.0 Å². The van der Waals surface area contributed by atoms with Crippen LogP contribution < -0.4 is 5.73 Å². The second kappa shape index (κ2) is 5.16. The molecule has 0 aliphatic rings. The zero-order valence-corrected chi connectivity index (χ0v) is 10.9. The lowest BCUT2D eigenvalue weighted by atomic mass is 10.2. The van der Waals surface area contributed by atoms with E-state index in [1.165, 1.54) is 28.6 Å². The van der Waals surface area contributed by atoms with Crippen LogP contribution >= 0.6 is 11.8 Å².